The number of hydrogen-bond donors (Lipinski definition) is 0. The number of nitrogens with zero attached hydrogens (tertiary/aromatic N) is 1. The summed E-state index contributed by atoms with van der Waals surface area (Å²) in [6, 6.07) is 11.0. The number of carbonyl (C=O) groups is 1. The van der Waals surface area contributed by atoms with Crippen LogP contribution in [0.5, 0.6) is 5.75 Å². The lowest BCUT2D eigenvalue weighted by Gasteiger charge is -2.38. The van der Waals surface area contributed by atoms with E-state index in [0.29, 0.717) is 18.1 Å². The summed E-state index contributed by atoms with van der Waals surface area (Å²) in [7, 11) is 0. The molecule has 35 heavy (non-hydrogen) atoms. The van der Waals surface area contributed by atoms with E-state index < -0.39 is 0 Å². The molecule has 1 aliphatic carbocycles. The summed E-state index contributed by atoms with van der Waals surface area (Å²) in [6.45, 7) is 16.3. The zero-order valence-electron chi connectivity index (χ0n) is 22.8. The molecule has 192 valence electrons. The number of likely N-dealkylation sites (tertiary alicyclic amines) is 1. The van der Waals surface area contributed by atoms with E-state index in [1.165, 1.54) is 34.7 Å². The highest BCUT2D eigenvalue weighted by Crippen LogP contribution is 2.41. The van der Waals surface area contributed by atoms with Crippen molar-refractivity contribution in [3.63, 3.8) is 0 Å². The molecule has 4 heteroatoms. The highest BCUT2D eigenvalue weighted by Gasteiger charge is 2.38. The molecule has 0 N–H and O–H groups in total. The van der Waals surface area contributed by atoms with E-state index in [1.807, 2.05) is 6.92 Å². The largest absolute Gasteiger partial charge is 0.490 e. The monoisotopic (exact) mass is 479 g/mol. The molecule has 2 fully saturated rings. The Morgan fingerprint density at radius 1 is 1.06 bits per heavy atom. The second kappa shape index (κ2) is 10.5. The fraction of sp³-hybridized carbons (Fsp3) is 0.645. The molecule has 1 saturated heterocycles. The third-order valence-corrected chi connectivity index (χ3v) is 8.62. The van der Waals surface area contributed by atoms with E-state index in [0.717, 1.165) is 57.0 Å². The van der Waals surface area contributed by atoms with Crippen LogP contribution in [0, 0.1) is 23.7 Å². The van der Waals surface area contributed by atoms with Gasteiger partial charge in [0.05, 0.1) is 18.1 Å². The SMILES string of the molecule is CCOC(=O)C1(C)CCN(Cc2c(O[C@H]3CC[C@H](C(C)(C)C)CC3)cc(C)c3ccccc23)CC1. The number of fused-ring (bicyclic) bond motifs is 1. The maximum absolute atomic E-state index is 12.5. The molecular weight excluding hydrogens is 434 g/mol. The predicted octanol–water partition coefficient (Wildman–Crippen LogP) is 7.30. The Morgan fingerprint density at radius 2 is 1.69 bits per heavy atom. The number of esters is 1. The first-order chi connectivity index (χ1) is 16.6. The van der Waals surface area contributed by atoms with Crippen molar-refractivity contribution in [1.29, 1.82) is 0 Å². The van der Waals surface area contributed by atoms with Gasteiger partial charge < -0.3 is 9.47 Å². The van der Waals surface area contributed by atoms with Crippen molar-refractivity contribution in [2.24, 2.45) is 16.7 Å². The number of rotatable bonds is 6. The lowest BCUT2D eigenvalue weighted by molar-refractivity contribution is -0.157. The van der Waals surface area contributed by atoms with E-state index in [4.69, 9.17) is 9.47 Å². The maximum atomic E-state index is 12.5. The Bertz CT molecular complexity index is 1020. The highest BCUT2D eigenvalue weighted by atomic mass is 16.5. The molecule has 4 rings (SSSR count). The number of ether oxygens (including phenoxy) is 2. The number of aryl methyl sites for hydroxylation is 1. The van der Waals surface area contributed by atoms with Crippen molar-refractivity contribution >= 4 is 16.7 Å². The zero-order chi connectivity index (χ0) is 25.2. The van der Waals surface area contributed by atoms with Crippen LogP contribution < -0.4 is 4.74 Å². The van der Waals surface area contributed by atoms with Gasteiger partial charge in [0.2, 0.25) is 0 Å². The van der Waals surface area contributed by atoms with Gasteiger partial charge in [0.1, 0.15) is 5.75 Å². The summed E-state index contributed by atoms with van der Waals surface area (Å²) in [5.41, 5.74) is 2.58. The van der Waals surface area contributed by atoms with E-state index >= 15 is 0 Å². The van der Waals surface area contributed by atoms with Gasteiger partial charge in [-0.05, 0) is 106 Å². The van der Waals surface area contributed by atoms with Crippen LogP contribution in [0.4, 0.5) is 0 Å². The van der Waals surface area contributed by atoms with Gasteiger partial charge in [-0.3, -0.25) is 9.69 Å². The van der Waals surface area contributed by atoms with Crippen molar-refractivity contribution in [2.45, 2.75) is 92.7 Å². The van der Waals surface area contributed by atoms with Crippen LogP contribution in [0.3, 0.4) is 0 Å². The minimum Gasteiger partial charge on any atom is -0.490 e. The lowest BCUT2D eigenvalue weighted by atomic mass is 9.72. The Hall–Kier alpha value is -2.07. The second-order valence-corrected chi connectivity index (χ2v) is 12.2. The van der Waals surface area contributed by atoms with Crippen LogP contribution in [0.25, 0.3) is 10.8 Å². The molecule has 1 aliphatic heterocycles. The molecule has 4 nitrogen and oxygen atoms in total. The summed E-state index contributed by atoms with van der Waals surface area (Å²) < 4.78 is 12.2. The van der Waals surface area contributed by atoms with Gasteiger partial charge in [-0.25, -0.2) is 0 Å². The Labute approximate surface area is 212 Å². The summed E-state index contributed by atoms with van der Waals surface area (Å²) in [4.78, 5) is 15.0. The summed E-state index contributed by atoms with van der Waals surface area (Å²) in [6.07, 6.45) is 6.72. The summed E-state index contributed by atoms with van der Waals surface area (Å²) >= 11 is 0. The van der Waals surface area contributed by atoms with Crippen LogP contribution in [-0.2, 0) is 16.1 Å². The van der Waals surface area contributed by atoms with Crippen molar-refractivity contribution in [3.8, 4) is 5.75 Å². The Kier molecular flexibility index (Phi) is 7.80. The number of benzene rings is 2. The predicted molar refractivity (Wildman–Crippen MR) is 144 cm³/mol. The normalized spacial score (nSPS) is 23.3. The average Bonchev–Trinajstić information content (AvgIpc) is 2.83. The highest BCUT2D eigenvalue weighted by molar-refractivity contribution is 5.90. The van der Waals surface area contributed by atoms with Gasteiger partial charge in [0, 0.05) is 12.1 Å². The van der Waals surface area contributed by atoms with Crippen molar-refractivity contribution < 1.29 is 14.3 Å². The molecule has 0 unspecified atom stereocenters. The molecule has 0 amide bonds. The lowest BCUT2D eigenvalue weighted by Crippen LogP contribution is -2.43. The standard InChI is InChI=1S/C31H45NO3/c1-7-34-29(33)31(6)16-18-32(19-17-31)21-27-26-11-9-8-10-25(26)22(2)20-28(27)35-24-14-12-23(13-15-24)30(3,4)5/h8-11,20,23-24H,7,12-19,21H2,1-6H3/t23-,24-. The molecule has 0 aromatic heterocycles. The molecule has 0 spiro atoms. The van der Waals surface area contributed by atoms with Crippen LogP contribution >= 0.6 is 0 Å². The molecule has 1 saturated carbocycles. The van der Waals surface area contributed by atoms with Gasteiger partial charge >= 0.3 is 5.97 Å². The molecule has 0 atom stereocenters. The van der Waals surface area contributed by atoms with E-state index in [-0.39, 0.29) is 11.4 Å². The van der Waals surface area contributed by atoms with Gasteiger partial charge in [-0.1, -0.05) is 45.0 Å². The van der Waals surface area contributed by atoms with Crippen LogP contribution in [0.1, 0.15) is 84.3 Å². The molecular formula is C31H45NO3. The smallest absolute Gasteiger partial charge is 0.311 e. The minimum atomic E-state index is -0.368. The van der Waals surface area contributed by atoms with Gasteiger partial charge in [-0.15, -0.1) is 0 Å². The van der Waals surface area contributed by atoms with Crippen LogP contribution in [0.15, 0.2) is 30.3 Å². The minimum absolute atomic E-state index is 0.0460. The maximum Gasteiger partial charge on any atom is 0.311 e. The molecule has 1 heterocycles. The fourth-order valence-electron chi connectivity index (χ4n) is 6.02. The molecule has 2 aromatic carbocycles. The topological polar surface area (TPSA) is 38.8 Å². The summed E-state index contributed by atoms with van der Waals surface area (Å²) in [5.74, 6) is 1.79. The summed E-state index contributed by atoms with van der Waals surface area (Å²) in [5, 5.41) is 2.60. The van der Waals surface area contributed by atoms with Crippen molar-refractivity contribution in [3.05, 3.63) is 41.5 Å². The fourth-order valence-corrected chi connectivity index (χ4v) is 6.02. The first-order valence-corrected chi connectivity index (χ1v) is 13.7. The molecule has 0 radical (unpaired) electrons. The molecule has 2 aromatic rings. The first kappa shape index (κ1) is 26.0. The Balaban J connectivity index is 1.53. The van der Waals surface area contributed by atoms with Crippen molar-refractivity contribution in [1.82, 2.24) is 4.90 Å². The van der Waals surface area contributed by atoms with E-state index in [9.17, 15) is 4.79 Å². The van der Waals surface area contributed by atoms with E-state index in [2.05, 4.69) is 69.9 Å². The Morgan fingerprint density at radius 3 is 2.29 bits per heavy atom. The zero-order valence-corrected chi connectivity index (χ0v) is 22.8. The average molecular weight is 480 g/mol. The molecule has 2 aliphatic rings. The second-order valence-electron chi connectivity index (χ2n) is 12.2. The quantitative estimate of drug-likeness (QED) is 0.408. The van der Waals surface area contributed by atoms with Gasteiger partial charge in [0.25, 0.3) is 0 Å². The van der Waals surface area contributed by atoms with Gasteiger partial charge in [-0.2, -0.15) is 0 Å². The van der Waals surface area contributed by atoms with Crippen LogP contribution in [0.2, 0.25) is 0 Å². The van der Waals surface area contributed by atoms with Crippen LogP contribution in [-0.4, -0.2) is 36.7 Å². The number of carbonyl (C=O) groups excluding carboxylic acids is 1. The van der Waals surface area contributed by atoms with E-state index in [1.54, 1.807) is 0 Å². The van der Waals surface area contributed by atoms with Crippen molar-refractivity contribution in [2.75, 3.05) is 19.7 Å². The molecule has 0 bridgehead atoms. The number of hydrogen-bond acceptors (Lipinski definition) is 4. The third-order valence-electron chi connectivity index (χ3n) is 8.62. The third kappa shape index (κ3) is 5.85. The number of piperidine rings is 1. The van der Waals surface area contributed by atoms with Gasteiger partial charge in [0.15, 0.2) is 0 Å². The first-order valence-electron chi connectivity index (χ1n) is 13.7.